The number of carbonyl (C=O) groups excluding carboxylic acids is 2. The molecule has 3 fully saturated rings. The molecule has 3 rings (SSSR count). The number of esters is 2. The quantitative estimate of drug-likeness (QED) is 0.0835. The van der Waals surface area contributed by atoms with Gasteiger partial charge in [-0.3, -0.25) is 9.59 Å². The Morgan fingerprint density at radius 1 is 0.789 bits per heavy atom. The third kappa shape index (κ3) is 12.8. The number of hydrogen-bond acceptors (Lipinski definition) is 10. The van der Waals surface area contributed by atoms with Gasteiger partial charge in [-0.15, -0.1) is 0 Å². The van der Waals surface area contributed by atoms with Crippen molar-refractivity contribution in [2.45, 2.75) is 110 Å². The van der Waals surface area contributed by atoms with Gasteiger partial charge in [0.05, 0.1) is 18.3 Å². The minimum Gasteiger partial charge on any atom is -0.464 e. The molecule has 0 bridgehead atoms. The second kappa shape index (κ2) is 18.0. The summed E-state index contributed by atoms with van der Waals surface area (Å²) in [5.41, 5.74) is 0. The molecule has 1 saturated carbocycles. The monoisotopic (exact) mass is 574 g/mol. The maximum absolute atomic E-state index is 12.4. The highest BCUT2D eigenvalue weighted by molar-refractivity contribution is 8.74. The van der Waals surface area contributed by atoms with E-state index in [0.29, 0.717) is 63.2 Å². The van der Waals surface area contributed by atoms with Crippen molar-refractivity contribution in [2.24, 2.45) is 11.8 Å². The lowest BCUT2D eigenvalue weighted by atomic mass is 9.87. The SMILES string of the molecule is CCCCN(CCOC(=O)CC1CCOC(C)C1)SSN(CCCC)CCOC(=O)CC1CCC2OC2C1. The predicted molar refractivity (Wildman–Crippen MR) is 153 cm³/mol. The highest BCUT2D eigenvalue weighted by Gasteiger charge is 2.44. The summed E-state index contributed by atoms with van der Waals surface area (Å²) >= 11 is 0. The maximum Gasteiger partial charge on any atom is 0.306 e. The van der Waals surface area contributed by atoms with Crippen LogP contribution < -0.4 is 0 Å². The van der Waals surface area contributed by atoms with E-state index in [1.807, 2.05) is 0 Å². The van der Waals surface area contributed by atoms with Crippen LogP contribution in [-0.2, 0) is 28.5 Å². The van der Waals surface area contributed by atoms with Crippen LogP contribution in [0.3, 0.4) is 0 Å². The molecule has 2 saturated heterocycles. The Hall–Kier alpha value is -0.520. The van der Waals surface area contributed by atoms with E-state index < -0.39 is 0 Å². The Bertz CT molecular complexity index is 664. The average Bonchev–Trinajstić information content (AvgIpc) is 3.67. The van der Waals surface area contributed by atoms with Crippen LogP contribution in [0.5, 0.6) is 0 Å². The van der Waals surface area contributed by atoms with Crippen molar-refractivity contribution < 1.29 is 28.5 Å². The molecule has 1 aliphatic carbocycles. The van der Waals surface area contributed by atoms with Crippen LogP contribution in [0.15, 0.2) is 0 Å². The number of nitrogens with zero attached hydrogens (tertiary/aromatic N) is 2. The van der Waals surface area contributed by atoms with E-state index in [2.05, 4.69) is 29.4 Å². The molecular formula is C28H50N2O6S2. The van der Waals surface area contributed by atoms with Gasteiger partial charge < -0.3 is 18.9 Å². The lowest BCUT2D eigenvalue weighted by Gasteiger charge is -2.27. The molecule has 8 nitrogen and oxygen atoms in total. The van der Waals surface area contributed by atoms with Gasteiger partial charge in [0.25, 0.3) is 0 Å². The summed E-state index contributed by atoms with van der Waals surface area (Å²) < 4.78 is 27.0. The molecule has 220 valence electrons. The molecule has 0 radical (unpaired) electrons. The largest absolute Gasteiger partial charge is 0.464 e. The first-order valence-electron chi connectivity index (χ1n) is 14.9. The number of carbonyl (C=O) groups is 2. The zero-order valence-electron chi connectivity index (χ0n) is 23.8. The molecule has 0 aromatic heterocycles. The number of hydrogen-bond donors (Lipinski definition) is 0. The van der Waals surface area contributed by atoms with Gasteiger partial charge in [-0.25, -0.2) is 8.61 Å². The summed E-state index contributed by atoms with van der Waals surface area (Å²) in [5.74, 6) is 0.606. The predicted octanol–water partition coefficient (Wildman–Crippen LogP) is 5.65. The van der Waals surface area contributed by atoms with Crippen LogP contribution in [0.25, 0.3) is 0 Å². The van der Waals surface area contributed by atoms with Crippen LogP contribution >= 0.6 is 22.0 Å². The van der Waals surface area contributed by atoms with Crippen LogP contribution in [0.4, 0.5) is 0 Å². The number of ether oxygens (including phenoxy) is 4. The summed E-state index contributed by atoms with van der Waals surface area (Å²) in [6.07, 6.45) is 11.6. The smallest absolute Gasteiger partial charge is 0.306 e. The highest BCUT2D eigenvalue weighted by atomic mass is 33.1. The van der Waals surface area contributed by atoms with E-state index in [4.69, 9.17) is 18.9 Å². The molecule has 38 heavy (non-hydrogen) atoms. The van der Waals surface area contributed by atoms with E-state index in [0.717, 1.165) is 77.5 Å². The summed E-state index contributed by atoms with van der Waals surface area (Å²) in [6.45, 7) is 11.3. The Morgan fingerprint density at radius 2 is 1.37 bits per heavy atom. The molecule has 5 atom stereocenters. The summed E-state index contributed by atoms with van der Waals surface area (Å²) in [4.78, 5) is 24.7. The van der Waals surface area contributed by atoms with E-state index in [9.17, 15) is 9.59 Å². The summed E-state index contributed by atoms with van der Waals surface area (Å²) in [5, 5.41) is 0. The van der Waals surface area contributed by atoms with Crippen molar-refractivity contribution in [3.63, 3.8) is 0 Å². The minimum atomic E-state index is -0.0960. The third-order valence-corrected chi connectivity index (χ3v) is 10.3. The molecule has 2 heterocycles. The number of unbranched alkanes of at least 4 members (excludes halogenated alkanes) is 2. The van der Waals surface area contributed by atoms with Crippen LogP contribution in [0.2, 0.25) is 0 Å². The second-order valence-electron chi connectivity index (χ2n) is 11.0. The molecule has 0 spiro atoms. The van der Waals surface area contributed by atoms with E-state index in [-0.39, 0.29) is 18.0 Å². The zero-order valence-corrected chi connectivity index (χ0v) is 25.4. The first-order chi connectivity index (χ1) is 18.5. The highest BCUT2D eigenvalue weighted by Crippen LogP contribution is 2.40. The fourth-order valence-corrected chi connectivity index (χ4v) is 7.55. The van der Waals surface area contributed by atoms with Crippen LogP contribution in [-0.4, -0.2) is 84.9 Å². The van der Waals surface area contributed by atoms with Gasteiger partial charge in [-0.2, -0.15) is 0 Å². The maximum atomic E-state index is 12.4. The second-order valence-corrected chi connectivity index (χ2v) is 13.3. The zero-order chi connectivity index (χ0) is 27.2. The standard InChI is InChI=1S/C28H50N2O6S2/c1-4-6-11-29(13-16-34-27(31)20-23-8-9-25-26(19-23)36-25)37-38-30(12-7-5-2)14-17-35-28(32)21-24-10-15-33-22(3)18-24/h22-26H,4-21H2,1-3H3. The fourth-order valence-electron chi connectivity index (χ4n) is 5.20. The molecule has 0 aromatic rings. The Morgan fingerprint density at radius 3 is 1.89 bits per heavy atom. The molecule has 2 aliphatic heterocycles. The van der Waals surface area contributed by atoms with Crippen molar-refractivity contribution in [1.29, 1.82) is 0 Å². The van der Waals surface area contributed by atoms with Gasteiger partial charge in [-0.05, 0) is 63.7 Å². The van der Waals surface area contributed by atoms with E-state index >= 15 is 0 Å². The average molecular weight is 575 g/mol. The Balaban J connectivity index is 1.33. The summed E-state index contributed by atoms with van der Waals surface area (Å²) in [7, 11) is 3.43. The molecule has 0 amide bonds. The lowest BCUT2D eigenvalue weighted by molar-refractivity contribution is -0.146. The van der Waals surface area contributed by atoms with E-state index in [1.165, 1.54) is 0 Å². The third-order valence-electron chi connectivity index (χ3n) is 7.59. The number of epoxide rings is 1. The molecule has 0 aromatic carbocycles. The Kier molecular flexibility index (Phi) is 15.2. The van der Waals surface area contributed by atoms with Gasteiger partial charge in [-0.1, -0.05) is 26.7 Å². The van der Waals surface area contributed by atoms with Crippen LogP contribution in [0.1, 0.15) is 91.4 Å². The number of fused-ring (bicyclic) bond motifs is 1. The van der Waals surface area contributed by atoms with Crippen molar-refractivity contribution in [3.8, 4) is 0 Å². The molecule has 10 heteroatoms. The summed E-state index contributed by atoms with van der Waals surface area (Å²) in [6, 6.07) is 0. The molecule has 5 unspecified atom stereocenters. The molecule has 3 aliphatic rings. The first-order valence-corrected chi connectivity index (χ1v) is 17.0. The van der Waals surface area contributed by atoms with Gasteiger partial charge in [0.2, 0.25) is 0 Å². The number of rotatable bonds is 19. The van der Waals surface area contributed by atoms with Crippen molar-refractivity contribution in [3.05, 3.63) is 0 Å². The minimum absolute atomic E-state index is 0.0798. The van der Waals surface area contributed by atoms with E-state index in [1.54, 1.807) is 22.0 Å². The van der Waals surface area contributed by atoms with Crippen molar-refractivity contribution >= 4 is 33.9 Å². The van der Waals surface area contributed by atoms with Gasteiger partial charge >= 0.3 is 11.9 Å². The van der Waals surface area contributed by atoms with Gasteiger partial charge in [0.1, 0.15) is 13.2 Å². The Labute approximate surface area is 238 Å². The van der Waals surface area contributed by atoms with Gasteiger partial charge in [0.15, 0.2) is 0 Å². The fraction of sp³-hybridized carbons (Fsp3) is 0.929. The molecular weight excluding hydrogens is 524 g/mol. The van der Waals surface area contributed by atoms with Gasteiger partial charge in [0, 0.05) is 67.6 Å². The lowest BCUT2D eigenvalue weighted by Crippen LogP contribution is -2.28. The van der Waals surface area contributed by atoms with Crippen LogP contribution in [0, 0.1) is 11.8 Å². The first kappa shape index (κ1) is 32.0. The van der Waals surface area contributed by atoms with Crippen molar-refractivity contribution in [1.82, 2.24) is 8.61 Å². The normalized spacial score (nSPS) is 26.8. The van der Waals surface area contributed by atoms with Crippen molar-refractivity contribution in [2.75, 3.05) is 46.0 Å². The molecule has 0 N–H and O–H groups in total. The topological polar surface area (TPSA) is 80.8 Å².